The zero-order valence-electron chi connectivity index (χ0n) is 11.0. The topological polar surface area (TPSA) is 97.4 Å². The third kappa shape index (κ3) is 5.99. The van der Waals surface area contributed by atoms with Gasteiger partial charge in [-0.05, 0) is 20.8 Å². The first-order chi connectivity index (χ1) is 8.82. The minimum Gasteiger partial charge on any atom is -0.466 e. The molecule has 2 N–H and O–H groups in total. The molecule has 0 aliphatic heterocycles. The van der Waals surface area contributed by atoms with E-state index in [0.29, 0.717) is 12.3 Å². The van der Waals surface area contributed by atoms with Crippen LogP contribution in [-0.4, -0.2) is 32.0 Å². The number of aromatic nitrogens is 1. The third-order valence-electron chi connectivity index (χ3n) is 1.80. The molecule has 0 fully saturated rings. The number of nitrogens with zero attached hydrogens (tertiary/aromatic N) is 1. The molecular weight excluding hydrogens is 290 g/mol. The van der Waals surface area contributed by atoms with Crippen LogP contribution in [-0.2, 0) is 26.2 Å². The second-order valence-electron chi connectivity index (χ2n) is 4.00. The van der Waals surface area contributed by atoms with Crippen molar-refractivity contribution in [3.05, 3.63) is 11.1 Å². The molecule has 7 nitrogen and oxygen atoms in total. The van der Waals surface area contributed by atoms with Crippen LogP contribution in [0.3, 0.4) is 0 Å². The zero-order chi connectivity index (χ0) is 14.5. The quantitative estimate of drug-likeness (QED) is 0.730. The van der Waals surface area contributed by atoms with Crippen LogP contribution in [0.15, 0.2) is 5.38 Å². The molecule has 0 radical (unpaired) electrons. The molecule has 9 heteroatoms. The number of ether oxygens (including phenoxy) is 1. The van der Waals surface area contributed by atoms with Crippen molar-refractivity contribution in [2.75, 3.05) is 11.3 Å². The molecule has 0 aliphatic carbocycles. The van der Waals surface area contributed by atoms with Gasteiger partial charge in [0.05, 0.1) is 18.7 Å². The van der Waals surface area contributed by atoms with Crippen molar-refractivity contribution in [3.63, 3.8) is 0 Å². The van der Waals surface area contributed by atoms with Crippen molar-refractivity contribution in [2.45, 2.75) is 33.2 Å². The number of nitrogens with one attached hydrogen (secondary N) is 2. The summed E-state index contributed by atoms with van der Waals surface area (Å²) in [6.45, 7) is 5.46. The molecule has 0 bridgehead atoms. The van der Waals surface area contributed by atoms with Gasteiger partial charge in [0.1, 0.15) is 0 Å². The summed E-state index contributed by atoms with van der Waals surface area (Å²) in [5, 5.41) is 1.83. The van der Waals surface area contributed by atoms with E-state index in [1.807, 2.05) is 0 Å². The third-order valence-corrected chi connectivity index (χ3v) is 3.97. The van der Waals surface area contributed by atoms with Gasteiger partial charge >= 0.3 is 16.2 Å². The van der Waals surface area contributed by atoms with Crippen LogP contribution in [0.25, 0.3) is 0 Å². The Bertz CT molecular complexity index is 525. The van der Waals surface area contributed by atoms with Gasteiger partial charge in [0, 0.05) is 11.4 Å². The summed E-state index contributed by atoms with van der Waals surface area (Å²) in [5.41, 5.74) is 0.477. The average Bonchev–Trinajstić information content (AvgIpc) is 2.62. The first kappa shape index (κ1) is 15.9. The standard InChI is InChI=1S/C10H17N3O4S2/c1-4-17-9(14)5-8-6-18-10(11-8)13-19(15,16)12-7(2)3/h6-7,12H,4-5H2,1-3H3,(H,11,13). The molecule has 0 saturated carbocycles. The lowest BCUT2D eigenvalue weighted by Gasteiger charge is -2.09. The number of anilines is 1. The van der Waals surface area contributed by atoms with Crippen molar-refractivity contribution in [1.82, 2.24) is 9.71 Å². The van der Waals surface area contributed by atoms with Crippen LogP contribution in [0, 0.1) is 0 Å². The van der Waals surface area contributed by atoms with E-state index in [4.69, 9.17) is 4.74 Å². The van der Waals surface area contributed by atoms with E-state index in [2.05, 4.69) is 14.4 Å². The van der Waals surface area contributed by atoms with Gasteiger partial charge < -0.3 is 4.74 Å². The van der Waals surface area contributed by atoms with Crippen LogP contribution in [0.4, 0.5) is 5.13 Å². The molecule has 0 spiro atoms. The molecule has 0 unspecified atom stereocenters. The Morgan fingerprint density at radius 2 is 2.21 bits per heavy atom. The van der Waals surface area contributed by atoms with Crippen molar-refractivity contribution in [3.8, 4) is 0 Å². The predicted molar refractivity (Wildman–Crippen MR) is 73.3 cm³/mol. The molecule has 19 heavy (non-hydrogen) atoms. The molecule has 1 heterocycles. The van der Waals surface area contributed by atoms with E-state index < -0.39 is 10.2 Å². The van der Waals surface area contributed by atoms with Gasteiger partial charge in [-0.2, -0.15) is 13.1 Å². The van der Waals surface area contributed by atoms with Crippen LogP contribution < -0.4 is 9.44 Å². The van der Waals surface area contributed by atoms with Gasteiger partial charge in [-0.15, -0.1) is 11.3 Å². The van der Waals surface area contributed by atoms with E-state index in [-0.39, 0.29) is 23.6 Å². The Morgan fingerprint density at radius 3 is 2.79 bits per heavy atom. The fraction of sp³-hybridized carbons (Fsp3) is 0.600. The lowest BCUT2D eigenvalue weighted by molar-refractivity contribution is -0.142. The van der Waals surface area contributed by atoms with Gasteiger partial charge in [0.15, 0.2) is 5.13 Å². The molecule has 0 aliphatic rings. The zero-order valence-corrected chi connectivity index (χ0v) is 12.6. The normalized spacial score (nSPS) is 11.6. The molecular formula is C10H17N3O4S2. The summed E-state index contributed by atoms with van der Waals surface area (Å²) in [5.74, 6) is -0.387. The van der Waals surface area contributed by atoms with Crippen molar-refractivity contribution in [1.29, 1.82) is 0 Å². The highest BCUT2D eigenvalue weighted by molar-refractivity contribution is 7.91. The number of hydrogen-bond donors (Lipinski definition) is 2. The van der Waals surface area contributed by atoms with E-state index in [1.54, 1.807) is 26.2 Å². The maximum atomic E-state index is 11.6. The van der Waals surface area contributed by atoms with Gasteiger partial charge in [0.2, 0.25) is 0 Å². The minimum absolute atomic E-state index is 0.0314. The highest BCUT2D eigenvalue weighted by atomic mass is 32.2. The Hall–Kier alpha value is -1.19. The average molecular weight is 307 g/mol. The summed E-state index contributed by atoms with van der Waals surface area (Å²) in [6, 6.07) is -0.212. The molecule has 1 aromatic rings. The van der Waals surface area contributed by atoms with Crippen molar-refractivity contribution in [2.24, 2.45) is 0 Å². The van der Waals surface area contributed by atoms with Gasteiger partial charge in [-0.25, -0.2) is 9.71 Å². The number of carbonyl (C=O) groups is 1. The lowest BCUT2D eigenvalue weighted by Crippen LogP contribution is -2.35. The van der Waals surface area contributed by atoms with Gasteiger partial charge in [-0.3, -0.25) is 4.79 Å². The Kier molecular flexibility index (Phi) is 5.70. The first-order valence-electron chi connectivity index (χ1n) is 5.72. The van der Waals surface area contributed by atoms with E-state index >= 15 is 0 Å². The first-order valence-corrected chi connectivity index (χ1v) is 8.08. The highest BCUT2D eigenvalue weighted by Gasteiger charge is 2.14. The second kappa shape index (κ2) is 6.83. The lowest BCUT2D eigenvalue weighted by atomic mass is 10.3. The largest absolute Gasteiger partial charge is 0.466 e. The van der Waals surface area contributed by atoms with Crippen LogP contribution >= 0.6 is 11.3 Å². The summed E-state index contributed by atoms with van der Waals surface area (Å²) >= 11 is 1.11. The molecule has 1 aromatic heterocycles. The molecule has 0 atom stereocenters. The smallest absolute Gasteiger partial charge is 0.311 e. The fourth-order valence-electron chi connectivity index (χ4n) is 1.25. The summed E-state index contributed by atoms with van der Waals surface area (Å²) in [7, 11) is -3.63. The monoisotopic (exact) mass is 307 g/mol. The molecule has 0 amide bonds. The summed E-state index contributed by atoms with van der Waals surface area (Å²) < 4.78 is 32.6. The van der Waals surface area contributed by atoms with Crippen LogP contribution in [0.5, 0.6) is 0 Å². The van der Waals surface area contributed by atoms with Gasteiger partial charge in [-0.1, -0.05) is 0 Å². The SMILES string of the molecule is CCOC(=O)Cc1csc(NS(=O)(=O)NC(C)C)n1. The number of carbonyl (C=O) groups excluding carboxylic acids is 1. The number of hydrogen-bond acceptors (Lipinski definition) is 6. The van der Waals surface area contributed by atoms with Crippen molar-refractivity contribution >= 4 is 32.6 Å². The highest BCUT2D eigenvalue weighted by Crippen LogP contribution is 2.17. The number of esters is 1. The Balaban J connectivity index is 2.62. The molecule has 0 saturated heterocycles. The van der Waals surface area contributed by atoms with Crippen LogP contribution in [0.2, 0.25) is 0 Å². The molecule has 1 rings (SSSR count). The van der Waals surface area contributed by atoms with Crippen molar-refractivity contribution < 1.29 is 17.9 Å². The fourth-order valence-corrected chi connectivity index (χ4v) is 3.28. The second-order valence-corrected chi connectivity index (χ2v) is 6.31. The van der Waals surface area contributed by atoms with Gasteiger partial charge in [0.25, 0.3) is 0 Å². The molecule has 108 valence electrons. The summed E-state index contributed by atoms with van der Waals surface area (Å²) in [4.78, 5) is 15.3. The summed E-state index contributed by atoms with van der Waals surface area (Å²) in [6.07, 6.45) is 0.0314. The number of rotatable bonds is 7. The Labute approximate surface area is 116 Å². The van der Waals surface area contributed by atoms with E-state index in [0.717, 1.165) is 11.3 Å². The maximum Gasteiger partial charge on any atom is 0.311 e. The van der Waals surface area contributed by atoms with E-state index in [9.17, 15) is 13.2 Å². The Morgan fingerprint density at radius 1 is 1.53 bits per heavy atom. The van der Waals surface area contributed by atoms with E-state index in [1.165, 1.54) is 0 Å². The minimum atomic E-state index is -3.63. The maximum absolute atomic E-state index is 11.6. The number of thiazole rings is 1. The van der Waals surface area contributed by atoms with Crippen LogP contribution in [0.1, 0.15) is 26.5 Å². The molecule has 0 aromatic carbocycles. The predicted octanol–water partition coefficient (Wildman–Crippen LogP) is 0.903.